The zero-order valence-corrected chi connectivity index (χ0v) is 17.4. The minimum Gasteiger partial charge on any atom is -0.497 e. The molecule has 7 nitrogen and oxygen atoms in total. The van der Waals surface area contributed by atoms with Gasteiger partial charge in [0.1, 0.15) is 23.1 Å². The number of nitrogens with zero attached hydrogens (tertiary/aromatic N) is 1. The molecule has 160 valence electrons. The van der Waals surface area contributed by atoms with Crippen LogP contribution in [0.5, 0.6) is 11.5 Å². The van der Waals surface area contributed by atoms with Gasteiger partial charge in [-0.25, -0.2) is 0 Å². The van der Waals surface area contributed by atoms with Gasteiger partial charge in [0.15, 0.2) is 6.61 Å². The third kappa shape index (κ3) is 6.47. The maximum absolute atomic E-state index is 12.4. The van der Waals surface area contributed by atoms with E-state index in [9.17, 15) is 14.9 Å². The first-order chi connectivity index (χ1) is 15.6. The summed E-state index contributed by atoms with van der Waals surface area (Å²) in [6.07, 6.45) is 1.46. The Balaban J connectivity index is 1.60. The van der Waals surface area contributed by atoms with Crippen molar-refractivity contribution in [3.05, 3.63) is 90.0 Å². The highest BCUT2D eigenvalue weighted by Crippen LogP contribution is 2.18. The maximum Gasteiger partial charge on any atom is 0.266 e. The number of carbonyl (C=O) groups is 2. The third-order valence-electron chi connectivity index (χ3n) is 4.31. The second-order valence-corrected chi connectivity index (χ2v) is 6.63. The molecule has 2 amide bonds. The van der Waals surface area contributed by atoms with Crippen molar-refractivity contribution in [2.24, 2.45) is 0 Å². The number of nitrogens with one attached hydrogen (secondary N) is 2. The predicted octanol–water partition coefficient (Wildman–Crippen LogP) is 4.26. The van der Waals surface area contributed by atoms with Crippen LogP contribution in [0.3, 0.4) is 0 Å². The molecule has 0 aliphatic rings. The lowest BCUT2D eigenvalue weighted by molar-refractivity contribution is -0.118. The number of ether oxygens (including phenoxy) is 2. The van der Waals surface area contributed by atoms with Crippen LogP contribution in [0.2, 0.25) is 0 Å². The highest BCUT2D eigenvalue weighted by Gasteiger charge is 2.10. The van der Waals surface area contributed by atoms with Gasteiger partial charge in [-0.2, -0.15) is 5.26 Å². The Hall–Kier alpha value is -4.57. The van der Waals surface area contributed by atoms with Gasteiger partial charge in [-0.05, 0) is 60.2 Å². The molecule has 0 atom stereocenters. The monoisotopic (exact) mass is 427 g/mol. The van der Waals surface area contributed by atoms with Crippen LogP contribution in [0.25, 0.3) is 6.08 Å². The topological polar surface area (TPSA) is 100 Å². The molecule has 0 aliphatic carbocycles. The lowest BCUT2D eigenvalue weighted by Crippen LogP contribution is -2.20. The van der Waals surface area contributed by atoms with Crippen molar-refractivity contribution in [1.82, 2.24) is 0 Å². The molecule has 7 heteroatoms. The largest absolute Gasteiger partial charge is 0.497 e. The van der Waals surface area contributed by atoms with Crippen molar-refractivity contribution in [2.45, 2.75) is 0 Å². The van der Waals surface area contributed by atoms with Crippen LogP contribution in [-0.4, -0.2) is 25.5 Å². The number of hydrogen-bond donors (Lipinski definition) is 2. The molecule has 32 heavy (non-hydrogen) atoms. The summed E-state index contributed by atoms with van der Waals surface area (Å²) < 4.78 is 10.6. The molecule has 3 rings (SSSR count). The zero-order valence-electron chi connectivity index (χ0n) is 17.4. The second kappa shape index (κ2) is 11.0. The molecule has 0 unspecified atom stereocenters. The number of amides is 2. The summed E-state index contributed by atoms with van der Waals surface area (Å²) in [6.45, 7) is -0.196. The van der Waals surface area contributed by atoms with E-state index in [-0.39, 0.29) is 18.1 Å². The minimum absolute atomic E-state index is 0.0525. The highest BCUT2D eigenvalue weighted by atomic mass is 16.5. The van der Waals surface area contributed by atoms with E-state index in [4.69, 9.17) is 9.47 Å². The number of benzene rings is 3. The first kappa shape index (κ1) is 22.1. The summed E-state index contributed by atoms with van der Waals surface area (Å²) in [5.74, 6) is 0.294. The van der Waals surface area contributed by atoms with Gasteiger partial charge in [-0.3, -0.25) is 9.59 Å². The molecule has 3 aromatic carbocycles. The molecule has 2 N–H and O–H groups in total. The average molecular weight is 427 g/mol. The molecule has 3 aromatic rings. The molecular formula is C25H21N3O4. The first-order valence-corrected chi connectivity index (χ1v) is 9.72. The van der Waals surface area contributed by atoms with E-state index >= 15 is 0 Å². The highest BCUT2D eigenvalue weighted by molar-refractivity contribution is 6.09. The molecule has 0 saturated heterocycles. The lowest BCUT2D eigenvalue weighted by Gasteiger charge is -2.09. The van der Waals surface area contributed by atoms with Gasteiger partial charge in [-0.15, -0.1) is 0 Å². The fraction of sp³-hybridized carbons (Fsp3) is 0.0800. The average Bonchev–Trinajstić information content (AvgIpc) is 2.82. The zero-order chi connectivity index (χ0) is 22.8. The second-order valence-electron chi connectivity index (χ2n) is 6.63. The Morgan fingerprint density at radius 1 is 0.906 bits per heavy atom. The van der Waals surface area contributed by atoms with Gasteiger partial charge in [0, 0.05) is 11.4 Å². The molecule has 0 aliphatic heterocycles. The fourth-order valence-corrected chi connectivity index (χ4v) is 2.75. The number of anilines is 2. The summed E-state index contributed by atoms with van der Waals surface area (Å²) in [4.78, 5) is 24.5. The van der Waals surface area contributed by atoms with Crippen molar-refractivity contribution >= 4 is 29.3 Å². The molecular weight excluding hydrogens is 406 g/mol. The quantitative estimate of drug-likeness (QED) is 0.413. The Bertz CT molecular complexity index is 1150. The molecule has 0 spiro atoms. The maximum atomic E-state index is 12.4. The normalized spacial score (nSPS) is 10.6. The Morgan fingerprint density at radius 3 is 2.31 bits per heavy atom. The van der Waals surface area contributed by atoms with Crippen LogP contribution in [0, 0.1) is 11.3 Å². The molecule has 0 fully saturated rings. The number of hydrogen-bond acceptors (Lipinski definition) is 5. The van der Waals surface area contributed by atoms with Crippen molar-refractivity contribution < 1.29 is 19.1 Å². The SMILES string of the molecule is COc1ccc(NC(=O)COc2cccc(/C=C(\C#N)C(=O)Nc3ccccc3)c2)cc1. The van der Waals surface area contributed by atoms with E-state index < -0.39 is 5.91 Å². The van der Waals surface area contributed by atoms with Crippen molar-refractivity contribution in [1.29, 1.82) is 5.26 Å². The van der Waals surface area contributed by atoms with Gasteiger partial charge in [0.2, 0.25) is 0 Å². The van der Waals surface area contributed by atoms with E-state index in [0.717, 1.165) is 0 Å². The van der Waals surface area contributed by atoms with Gasteiger partial charge < -0.3 is 20.1 Å². The standard InChI is InChI=1S/C25H21N3O4/c1-31-22-12-10-21(11-13-22)27-24(29)17-32-23-9-5-6-18(15-23)14-19(16-26)25(30)28-20-7-3-2-4-8-20/h2-15H,17H2,1H3,(H,27,29)(H,28,30)/b19-14+. The predicted molar refractivity (Wildman–Crippen MR) is 122 cm³/mol. The number of methoxy groups -OCH3 is 1. The molecule has 0 heterocycles. The van der Waals surface area contributed by atoms with Gasteiger partial charge in [-0.1, -0.05) is 30.3 Å². The number of rotatable bonds is 8. The van der Waals surface area contributed by atoms with E-state index in [2.05, 4.69) is 10.6 Å². The first-order valence-electron chi connectivity index (χ1n) is 9.72. The van der Waals surface area contributed by atoms with Crippen molar-refractivity contribution in [3.8, 4) is 17.6 Å². The van der Waals surface area contributed by atoms with Crippen LogP contribution >= 0.6 is 0 Å². The van der Waals surface area contributed by atoms with E-state index in [0.29, 0.717) is 28.4 Å². The molecule has 0 radical (unpaired) electrons. The van der Waals surface area contributed by atoms with E-state index in [1.807, 2.05) is 12.1 Å². The Labute approximate surface area is 185 Å². The van der Waals surface area contributed by atoms with Gasteiger partial charge in [0.05, 0.1) is 7.11 Å². The Morgan fingerprint density at radius 2 is 1.62 bits per heavy atom. The number of nitriles is 1. The summed E-state index contributed by atoms with van der Waals surface area (Å²) in [5.41, 5.74) is 1.76. The molecule has 0 aromatic heterocycles. The van der Waals surface area contributed by atoms with Crippen molar-refractivity contribution in [3.63, 3.8) is 0 Å². The van der Waals surface area contributed by atoms with Crippen LogP contribution in [0.4, 0.5) is 11.4 Å². The van der Waals surface area contributed by atoms with Crippen LogP contribution < -0.4 is 20.1 Å². The van der Waals surface area contributed by atoms with Crippen molar-refractivity contribution in [2.75, 3.05) is 24.4 Å². The fourth-order valence-electron chi connectivity index (χ4n) is 2.75. The van der Waals surface area contributed by atoms with E-state index in [1.165, 1.54) is 6.08 Å². The van der Waals surface area contributed by atoms with Gasteiger partial charge in [0.25, 0.3) is 11.8 Å². The number of carbonyl (C=O) groups excluding carboxylic acids is 2. The van der Waals surface area contributed by atoms with Crippen LogP contribution in [0.15, 0.2) is 84.4 Å². The van der Waals surface area contributed by atoms with E-state index in [1.54, 1.807) is 79.9 Å². The summed E-state index contributed by atoms with van der Waals surface area (Å²) in [5, 5.41) is 14.8. The lowest BCUT2D eigenvalue weighted by atomic mass is 10.1. The third-order valence-corrected chi connectivity index (χ3v) is 4.31. The summed E-state index contributed by atoms with van der Waals surface area (Å²) in [6, 6.07) is 24.5. The van der Waals surface area contributed by atoms with Gasteiger partial charge >= 0.3 is 0 Å². The summed E-state index contributed by atoms with van der Waals surface area (Å²) >= 11 is 0. The number of para-hydroxylation sites is 1. The molecule has 0 saturated carbocycles. The van der Waals surface area contributed by atoms with Crippen LogP contribution in [-0.2, 0) is 9.59 Å². The smallest absolute Gasteiger partial charge is 0.266 e. The van der Waals surface area contributed by atoms with Crippen LogP contribution in [0.1, 0.15) is 5.56 Å². The minimum atomic E-state index is -0.510. The Kier molecular flexibility index (Phi) is 7.60. The summed E-state index contributed by atoms with van der Waals surface area (Å²) in [7, 11) is 1.57. The molecule has 0 bridgehead atoms.